The van der Waals surface area contributed by atoms with Gasteiger partial charge in [-0.05, 0) is 35.0 Å². The molecular formula is C15H14BrN3O. The highest BCUT2D eigenvalue weighted by atomic mass is 79.9. The van der Waals surface area contributed by atoms with Crippen LogP contribution in [0.15, 0.2) is 40.9 Å². The summed E-state index contributed by atoms with van der Waals surface area (Å²) in [5, 5.41) is 16.4. The van der Waals surface area contributed by atoms with Crippen molar-refractivity contribution in [2.75, 3.05) is 18.4 Å². The lowest BCUT2D eigenvalue weighted by molar-refractivity contribution is -0.119. The van der Waals surface area contributed by atoms with Gasteiger partial charge in [0.1, 0.15) is 0 Å². The van der Waals surface area contributed by atoms with Crippen LogP contribution in [-0.2, 0) is 4.79 Å². The summed E-state index contributed by atoms with van der Waals surface area (Å²) in [6, 6.07) is 14.0. The summed E-state index contributed by atoms with van der Waals surface area (Å²) in [5.41, 5.74) is 0.898. The van der Waals surface area contributed by atoms with Crippen LogP contribution >= 0.6 is 15.9 Å². The number of halogens is 1. The number of fused-ring (bicyclic) bond motifs is 1. The van der Waals surface area contributed by atoms with E-state index in [1.165, 1.54) is 0 Å². The van der Waals surface area contributed by atoms with Gasteiger partial charge in [0, 0.05) is 16.7 Å². The number of rotatable bonds is 5. The smallest absolute Gasteiger partial charge is 0.239 e. The Morgan fingerprint density at radius 2 is 1.95 bits per heavy atom. The van der Waals surface area contributed by atoms with Crippen LogP contribution in [0, 0.1) is 11.3 Å². The lowest BCUT2D eigenvalue weighted by Crippen LogP contribution is -2.30. The van der Waals surface area contributed by atoms with E-state index in [2.05, 4.69) is 26.6 Å². The molecule has 2 rings (SSSR count). The lowest BCUT2D eigenvalue weighted by atomic mass is 10.1. The molecule has 0 heterocycles. The molecule has 1 amide bonds. The van der Waals surface area contributed by atoms with Gasteiger partial charge in [-0.25, -0.2) is 0 Å². The Labute approximate surface area is 125 Å². The number of benzene rings is 2. The zero-order valence-corrected chi connectivity index (χ0v) is 12.4. The zero-order valence-electron chi connectivity index (χ0n) is 10.8. The molecule has 0 aliphatic rings. The van der Waals surface area contributed by atoms with Gasteiger partial charge in [-0.2, -0.15) is 5.26 Å². The van der Waals surface area contributed by atoms with E-state index in [9.17, 15) is 4.79 Å². The summed E-state index contributed by atoms with van der Waals surface area (Å²) >= 11 is 3.44. The normalized spacial score (nSPS) is 10.0. The molecule has 0 saturated carbocycles. The Morgan fingerprint density at radius 1 is 1.20 bits per heavy atom. The molecule has 0 bridgehead atoms. The van der Waals surface area contributed by atoms with Crippen molar-refractivity contribution < 1.29 is 4.79 Å². The van der Waals surface area contributed by atoms with Crippen molar-refractivity contribution in [1.82, 2.24) is 5.32 Å². The largest absolute Gasteiger partial charge is 0.376 e. The van der Waals surface area contributed by atoms with Crippen molar-refractivity contribution >= 4 is 38.3 Å². The number of nitrogens with one attached hydrogen (secondary N) is 2. The first-order chi connectivity index (χ1) is 9.69. The van der Waals surface area contributed by atoms with Crippen molar-refractivity contribution in [2.24, 2.45) is 0 Å². The summed E-state index contributed by atoms with van der Waals surface area (Å²) in [5.74, 6) is -0.115. The topological polar surface area (TPSA) is 64.9 Å². The molecule has 0 atom stereocenters. The number of hydrogen-bond donors (Lipinski definition) is 2. The molecule has 0 aliphatic carbocycles. The van der Waals surface area contributed by atoms with Gasteiger partial charge >= 0.3 is 0 Å². The third kappa shape index (κ3) is 3.97. The van der Waals surface area contributed by atoms with E-state index in [1.54, 1.807) is 0 Å². The molecule has 0 fully saturated rings. The van der Waals surface area contributed by atoms with Gasteiger partial charge in [0.2, 0.25) is 5.91 Å². The summed E-state index contributed by atoms with van der Waals surface area (Å²) in [7, 11) is 0. The maximum atomic E-state index is 11.5. The monoisotopic (exact) mass is 331 g/mol. The molecule has 0 spiro atoms. The number of amides is 1. The Bertz CT molecular complexity index is 664. The predicted molar refractivity (Wildman–Crippen MR) is 83.4 cm³/mol. The molecule has 0 aliphatic heterocycles. The quantitative estimate of drug-likeness (QED) is 0.827. The van der Waals surface area contributed by atoms with Crippen LogP contribution in [0.1, 0.15) is 6.42 Å². The van der Waals surface area contributed by atoms with E-state index >= 15 is 0 Å². The molecule has 102 valence electrons. The van der Waals surface area contributed by atoms with E-state index in [1.807, 2.05) is 42.5 Å². The number of carbonyl (C=O) groups excluding carboxylic acids is 1. The molecule has 4 nitrogen and oxygen atoms in total. The van der Waals surface area contributed by atoms with Crippen LogP contribution in [0.5, 0.6) is 0 Å². The first-order valence-corrected chi connectivity index (χ1v) is 7.05. The number of nitriles is 1. The molecule has 2 aromatic carbocycles. The molecule has 2 aromatic rings. The standard InChI is InChI=1S/C15H14BrN3O/c16-13-4-2-12-9-14(5-3-11(12)8-13)19-10-15(20)18-7-1-6-17/h2-5,8-9,19H,1,7,10H2,(H,18,20). The summed E-state index contributed by atoms with van der Waals surface area (Å²) < 4.78 is 1.04. The summed E-state index contributed by atoms with van der Waals surface area (Å²) in [4.78, 5) is 11.5. The lowest BCUT2D eigenvalue weighted by Gasteiger charge is -2.08. The minimum absolute atomic E-state index is 0.115. The van der Waals surface area contributed by atoms with Crippen LogP contribution in [0.3, 0.4) is 0 Å². The number of hydrogen-bond acceptors (Lipinski definition) is 3. The van der Waals surface area contributed by atoms with E-state index in [0.717, 1.165) is 20.9 Å². The fourth-order valence-corrected chi connectivity index (χ4v) is 2.21. The van der Waals surface area contributed by atoms with Crippen LogP contribution in [-0.4, -0.2) is 19.0 Å². The van der Waals surface area contributed by atoms with Gasteiger partial charge in [0.05, 0.1) is 19.0 Å². The van der Waals surface area contributed by atoms with Crippen molar-refractivity contribution in [1.29, 1.82) is 5.26 Å². The molecule has 0 radical (unpaired) electrons. The van der Waals surface area contributed by atoms with E-state index in [0.29, 0.717) is 13.0 Å². The Hall–Kier alpha value is -2.06. The number of carbonyl (C=O) groups is 1. The first-order valence-electron chi connectivity index (χ1n) is 6.26. The van der Waals surface area contributed by atoms with Crippen LogP contribution in [0.2, 0.25) is 0 Å². The molecule has 0 saturated heterocycles. The van der Waals surface area contributed by atoms with Gasteiger partial charge in [0.25, 0.3) is 0 Å². The van der Waals surface area contributed by atoms with Crippen molar-refractivity contribution in [3.05, 3.63) is 40.9 Å². The van der Waals surface area contributed by atoms with E-state index in [4.69, 9.17) is 5.26 Å². The molecule has 0 unspecified atom stereocenters. The maximum Gasteiger partial charge on any atom is 0.239 e. The second-order valence-corrected chi connectivity index (χ2v) is 5.23. The molecule has 20 heavy (non-hydrogen) atoms. The zero-order chi connectivity index (χ0) is 14.4. The van der Waals surface area contributed by atoms with Gasteiger partial charge < -0.3 is 10.6 Å². The van der Waals surface area contributed by atoms with E-state index < -0.39 is 0 Å². The third-order valence-corrected chi connectivity index (χ3v) is 3.31. The molecule has 0 aromatic heterocycles. The fraction of sp³-hybridized carbons (Fsp3) is 0.200. The second kappa shape index (κ2) is 6.92. The van der Waals surface area contributed by atoms with Crippen LogP contribution < -0.4 is 10.6 Å². The van der Waals surface area contributed by atoms with Crippen molar-refractivity contribution in [3.8, 4) is 6.07 Å². The van der Waals surface area contributed by atoms with Crippen LogP contribution in [0.4, 0.5) is 5.69 Å². The van der Waals surface area contributed by atoms with E-state index in [-0.39, 0.29) is 12.5 Å². The second-order valence-electron chi connectivity index (χ2n) is 4.32. The Kier molecular flexibility index (Phi) is 4.97. The highest BCUT2D eigenvalue weighted by Gasteiger charge is 2.01. The average Bonchev–Trinajstić information content (AvgIpc) is 2.45. The first kappa shape index (κ1) is 14.4. The minimum Gasteiger partial charge on any atom is -0.376 e. The summed E-state index contributed by atoms with van der Waals surface area (Å²) in [6.45, 7) is 0.593. The average molecular weight is 332 g/mol. The third-order valence-electron chi connectivity index (χ3n) is 2.81. The molecular weight excluding hydrogens is 318 g/mol. The van der Waals surface area contributed by atoms with Crippen molar-refractivity contribution in [2.45, 2.75) is 6.42 Å². The van der Waals surface area contributed by atoms with Gasteiger partial charge in [-0.3, -0.25) is 4.79 Å². The highest BCUT2D eigenvalue weighted by molar-refractivity contribution is 9.10. The molecule has 5 heteroatoms. The number of anilines is 1. The Balaban J connectivity index is 1.95. The molecule has 2 N–H and O–H groups in total. The van der Waals surface area contributed by atoms with Crippen molar-refractivity contribution in [3.63, 3.8) is 0 Å². The predicted octanol–water partition coefficient (Wildman–Crippen LogP) is 3.04. The SMILES string of the molecule is N#CCCNC(=O)CNc1ccc2cc(Br)ccc2c1. The van der Waals surface area contributed by atoms with Crippen LogP contribution in [0.25, 0.3) is 10.8 Å². The minimum atomic E-state index is -0.115. The highest BCUT2D eigenvalue weighted by Crippen LogP contribution is 2.22. The van der Waals surface area contributed by atoms with Gasteiger partial charge in [-0.15, -0.1) is 0 Å². The summed E-state index contributed by atoms with van der Waals surface area (Å²) in [6.07, 6.45) is 0.330. The fourth-order valence-electron chi connectivity index (χ4n) is 1.83. The number of nitrogens with zero attached hydrogens (tertiary/aromatic N) is 1. The maximum absolute atomic E-state index is 11.5. The van der Waals surface area contributed by atoms with Gasteiger partial charge in [0.15, 0.2) is 0 Å². The Morgan fingerprint density at radius 3 is 2.75 bits per heavy atom. The van der Waals surface area contributed by atoms with Gasteiger partial charge in [-0.1, -0.05) is 28.1 Å².